The average Bonchev–Trinajstić information content (AvgIpc) is 3.21. The summed E-state index contributed by atoms with van der Waals surface area (Å²) in [5.74, 6) is 1.05. The largest absolute Gasteiger partial charge is 0.456 e. The maximum absolute atomic E-state index is 13.2. The van der Waals surface area contributed by atoms with E-state index in [1.807, 2.05) is 66.7 Å². The van der Waals surface area contributed by atoms with Crippen LogP contribution in [-0.2, 0) is 16.9 Å². The number of nitrogens with zero attached hydrogens (tertiary/aromatic N) is 1. The maximum atomic E-state index is 13.2. The highest BCUT2D eigenvalue weighted by Crippen LogP contribution is 2.58. The fourth-order valence-corrected chi connectivity index (χ4v) is 5.79. The SMILES string of the molecule is CCN(CC)c1cccc(C)c1CNc1cccc2c1C1(OC(=O)c3ccccc31)c1ccccc1O2. The normalized spacial score (nSPS) is 16.9. The van der Waals surface area contributed by atoms with Crippen molar-refractivity contribution in [3.05, 3.63) is 118 Å². The monoisotopic (exact) mass is 490 g/mol. The Labute approximate surface area is 217 Å². The van der Waals surface area contributed by atoms with Gasteiger partial charge in [0.2, 0.25) is 0 Å². The molecule has 0 aliphatic carbocycles. The molecule has 0 saturated carbocycles. The third-order valence-corrected chi connectivity index (χ3v) is 7.58. The van der Waals surface area contributed by atoms with Crippen LogP contribution < -0.4 is 15.0 Å². The van der Waals surface area contributed by atoms with Gasteiger partial charge in [-0.2, -0.15) is 0 Å². The number of esters is 1. The molecule has 0 aromatic heterocycles. The zero-order valence-electron chi connectivity index (χ0n) is 21.4. The zero-order chi connectivity index (χ0) is 25.6. The Morgan fingerprint density at radius 2 is 1.51 bits per heavy atom. The number of hydrogen-bond donors (Lipinski definition) is 1. The number of benzene rings is 4. The van der Waals surface area contributed by atoms with Gasteiger partial charge in [-0.1, -0.05) is 54.6 Å². The minimum absolute atomic E-state index is 0.323. The topological polar surface area (TPSA) is 50.8 Å². The Morgan fingerprint density at radius 1 is 0.811 bits per heavy atom. The Hall–Kier alpha value is -4.25. The van der Waals surface area contributed by atoms with E-state index in [1.165, 1.54) is 16.8 Å². The van der Waals surface area contributed by atoms with Gasteiger partial charge in [0.15, 0.2) is 5.60 Å². The van der Waals surface area contributed by atoms with Crippen LogP contribution in [-0.4, -0.2) is 19.1 Å². The number of carbonyl (C=O) groups excluding carboxylic acids is 1. The number of hydrogen-bond acceptors (Lipinski definition) is 5. The number of para-hydroxylation sites is 1. The van der Waals surface area contributed by atoms with Crippen LogP contribution in [0.5, 0.6) is 11.5 Å². The minimum Gasteiger partial charge on any atom is -0.456 e. The first-order valence-electron chi connectivity index (χ1n) is 12.9. The molecule has 1 unspecified atom stereocenters. The maximum Gasteiger partial charge on any atom is 0.340 e. The van der Waals surface area contributed by atoms with Gasteiger partial charge in [0, 0.05) is 42.1 Å². The first kappa shape index (κ1) is 23.2. The Morgan fingerprint density at radius 3 is 2.32 bits per heavy atom. The van der Waals surface area contributed by atoms with Crippen LogP contribution in [0.4, 0.5) is 11.4 Å². The lowest BCUT2D eigenvalue weighted by Crippen LogP contribution is -2.34. The summed E-state index contributed by atoms with van der Waals surface area (Å²) >= 11 is 0. The molecule has 1 atom stereocenters. The second-order valence-electron chi connectivity index (χ2n) is 9.49. The van der Waals surface area contributed by atoms with Crippen LogP contribution in [0.15, 0.2) is 84.9 Å². The van der Waals surface area contributed by atoms with E-state index in [0.717, 1.165) is 35.5 Å². The molecule has 37 heavy (non-hydrogen) atoms. The molecule has 2 heterocycles. The van der Waals surface area contributed by atoms with E-state index in [1.54, 1.807) is 0 Å². The van der Waals surface area contributed by atoms with Gasteiger partial charge in [-0.3, -0.25) is 0 Å². The molecule has 5 heteroatoms. The van der Waals surface area contributed by atoms with E-state index >= 15 is 0 Å². The van der Waals surface area contributed by atoms with Gasteiger partial charge in [-0.15, -0.1) is 0 Å². The van der Waals surface area contributed by atoms with E-state index in [4.69, 9.17) is 9.47 Å². The summed E-state index contributed by atoms with van der Waals surface area (Å²) in [6.07, 6.45) is 0. The molecule has 4 aromatic rings. The zero-order valence-corrected chi connectivity index (χ0v) is 21.4. The molecule has 0 fully saturated rings. The van der Waals surface area contributed by atoms with E-state index < -0.39 is 5.60 Å². The number of rotatable bonds is 6. The van der Waals surface area contributed by atoms with E-state index in [9.17, 15) is 4.79 Å². The summed E-state index contributed by atoms with van der Waals surface area (Å²) in [5, 5.41) is 3.70. The lowest BCUT2D eigenvalue weighted by Gasteiger charge is -2.38. The summed E-state index contributed by atoms with van der Waals surface area (Å²) in [5.41, 5.74) is 6.58. The van der Waals surface area contributed by atoms with Gasteiger partial charge in [-0.05, 0) is 62.2 Å². The average molecular weight is 491 g/mol. The smallest absolute Gasteiger partial charge is 0.340 e. The fraction of sp³-hybridized carbons (Fsp3) is 0.219. The lowest BCUT2D eigenvalue weighted by molar-refractivity contribution is 0.0226. The highest BCUT2D eigenvalue weighted by molar-refractivity contribution is 5.97. The predicted octanol–water partition coefficient (Wildman–Crippen LogP) is 7.02. The van der Waals surface area contributed by atoms with Crippen molar-refractivity contribution in [3.8, 4) is 11.5 Å². The number of anilines is 2. The van der Waals surface area contributed by atoms with Gasteiger partial charge in [-0.25, -0.2) is 4.79 Å². The number of ether oxygens (including phenoxy) is 2. The third-order valence-electron chi connectivity index (χ3n) is 7.58. The van der Waals surface area contributed by atoms with Crippen LogP contribution in [0.1, 0.15) is 52.0 Å². The van der Waals surface area contributed by atoms with Gasteiger partial charge < -0.3 is 19.7 Å². The van der Waals surface area contributed by atoms with Crippen molar-refractivity contribution in [1.29, 1.82) is 0 Å². The summed E-state index contributed by atoms with van der Waals surface area (Å²) in [6, 6.07) is 27.9. The summed E-state index contributed by atoms with van der Waals surface area (Å²) in [4.78, 5) is 15.6. The van der Waals surface area contributed by atoms with Crippen molar-refractivity contribution in [3.63, 3.8) is 0 Å². The van der Waals surface area contributed by atoms with Crippen molar-refractivity contribution in [2.45, 2.75) is 32.9 Å². The molecule has 0 bridgehead atoms. The second-order valence-corrected chi connectivity index (χ2v) is 9.49. The van der Waals surface area contributed by atoms with E-state index in [0.29, 0.717) is 23.6 Å². The fourth-order valence-electron chi connectivity index (χ4n) is 5.79. The lowest BCUT2D eigenvalue weighted by atomic mass is 9.77. The summed E-state index contributed by atoms with van der Waals surface area (Å²) in [6.45, 7) is 9.02. The van der Waals surface area contributed by atoms with Gasteiger partial charge in [0.05, 0.1) is 11.1 Å². The van der Waals surface area contributed by atoms with Crippen molar-refractivity contribution in [2.24, 2.45) is 0 Å². The minimum atomic E-state index is -1.09. The number of aryl methyl sites for hydroxylation is 1. The molecule has 0 amide bonds. The molecule has 5 nitrogen and oxygen atoms in total. The van der Waals surface area contributed by atoms with E-state index in [2.05, 4.69) is 49.2 Å². The molecule has 2 aliphatic heterocycles. The summed E-state index contributed by atoms with van der Waals surface area (Å²) < 4.78 is 12.7. The Bertz CT molecular complexity index is 1510. The molecule has 1 N–H and O–H groups in total. The first-order valence-corrected chi connectivity index (χ1v) is 12.9. The molecule has 0 radical (unpaired) electrons. The molecular weight excluding hydrogens is 460 g/mol. The van der Waals surface area contributed by atoms with Gasteiger partial charge in [0.25, 0.3) is 0 Å². The van der Waals surface area contributed by atoms with Crippen LogP contribution in [0.3, 0.4) is 0 Å². The van der Waals surface area contributed by atoms with Crippen molar-refractivity contribution in [2.75, 3.05) is 23.3 Å². The highest BCUT2D eigenvalue weighted by atomic mass is 16.6. The molecular formula is C32H30N2O3. The standard InChI is InChI=1S/C32H30N2O3/c1-4-34(5-2)27-17-10-12-21(3)23(27)20-33-26-16-11-19-29-30(26)32(25-15-8-9-18-28(25)36-29)24-14-7-6-13-22(24)31(35)37-32/h6-19,33H,4-5,20H2,1-3H3. The molecule has 1 spiro atoms. The van der Waals surface area contributed by atoms with Crippen molar-refractivity contribution >= 4 is 17.3 Å². The quantitative estimate of drug-likeness (QED) is 0.294. The number of nitrogens with one attached hydrogen (secondary N) is 1. The van der Waals surface area contributed by atoms with E-state index in [-0.39, 0.29) is 5.97 Å². The predicted molar refractivity (Wildman–Crippen MR) is 147 cm³/mol. The Kier molecular flexibility index (Phi) is 5.64. The van der Waals surface area contributed by atoms with Crippen molar-refractivity contribution < 1.29 is 14.3 Å². The summed E-state index contributed by atoms with van der Waals surface area (Å²) in [7, 11) is 0. The van der Waals surface area contributed by atoms with Crippen LogP contribution in [0, 0.1) is 6.92 Å². The second kappa shape index (κ2) is 9.00. The number of fused-ring (bicyclic) bond motifs is 6. The molecule has 186 valence electrons. The number of carbonyl (C=O) groups is 1. The highest BCUT2D eigenvalue weighted by Gasteiger charge is 2.54. The van der Waals surface area contributed by atoms with Crippen LogP contribution in [0.25, 0.3) is 0 Å². The molecule has 6 rings (SSSR count). The molecule has 4 aromatic carbocycles. The van der Waals surface area contributed by atoms with Gasteiger partial charge in [0.1, 0.15) is 11.5 Å². The van der Waals surface area contributed by atoms with Crippen LogP contribution >= 0.6 is 0 Å². The Balaban J connectivity index is 1.50. The molecule has 2 aliphatic rings. The van der Waals surface area contributed by atoms with Crippen LogP contribution in [0.2, 0.25) is 0 Å². The van der Waals surface area contributed by atoms with Gasteiger partial charge >= 0.3 is 5.97 Å². The third kappa shape index (κ3) is 3.49. The van der Waals surface area contributed by atoms with Crippen molar-refractivity contribution in [1.82, 2.24) is 0 Å². The molecule has 0 saturated heterocycles. The first-order chi connectivity index (χ1) is 18.1.